The molecule has 2 N–H and O–H groups in total. The maximum Gasteiger partial charge on any atom is 0.150 e. The molecule has 0 amide bonds. The van der Waals surface area contributed by atoms with E-state index in [2.05, 4.69) is 15.9 Å². The first-order chi connectivity index (χ1) is 8.00. The van der Waals surface area contributed by atoms with Gasteiger partial charge in [-0.2, -0.15) is 0 Å². The highest BCUT2D eigenvalue weighted by Gasteiger charge is 2.12. The average molecular weight is 335 g/mol. The molecule has 2 aromatic rings. The van der Waals surface area contributed by atoms with Crippen molar-refractivity contribution in [2.24, 2.45) is 0 Å². The molecule has 0 aliphatic heterocycles. The second kappa shape index (κ2) is 4.84. The zero-order chi connectivity index (χ0) is 12.6. The average Bonchev–Trinajstić information content (AvgIpc) is 2.30. The lowest BCUT2D eigenvalue weighted by atomic mass is 10.0. The van der Waals surface area contributed by atoms with E-state index in [0.29, 0.717) is 26.3 Å². The van der Waals surface area contributed by atoms with Crippen LogP contribution >= 0.6 is 39.1 Å². The maximum absolute atomic E-state index is 13.9. The summed E-state index contributed by atoms with van der Waals surface area (Å²) in [5.41, 5.74) is 7.08. The Morgan fingerprint density at radius 1 is 1.12 bits per heavy atom. The number of hydrogen-bond acceptors (Lipinski definition) is 1. The number of rotatable bonds is 1. The topological polar surface area (TPSA) is 26.0 Å². The van der Waals surface area contributed by atoms with Gasteiger partial charge in [0.15, 0.2) is 5.82 Å². The molecule has 5 heteroatoms. The molecule has 0 unspecified atom stereocenters. The van der Waals surface area contributed by atoms with Crippen molar-refractivity contribution in [2.75, 3.05) is 5.73 Å². The summed E-state index contributed by atoms with van der Waals surface area (Å²) in [6.07, 6.45) is 0. The third kappa shape index (κ3) is 2.41. The Balaban J connectivity index is 2.61. The van der Waals surface area contributed by atoms with Gasteiger partial charge in [0.25, 0.3) is 0 Å². The van der Waals surface area contributed by atoms with Crippen LogP contribution in [0.1, 0.15) is 0 Å². The summed E-state index contributed by atoms with van der Waals surface area (Å²) in [6, 6.07) is 8.26. The molecule has 0 saturated carbocycles. The predicted octanol–water partition coefficient (Wildman–Crippen LogP) is 5.14. The molecule has 0 saturated heterocycles. The van der Waals surface area contributed by atoms with Crippen LogP contribution in [0.5, 0.6) is 0 Å². The second-order valence-electron chi connectivity index (χ2n) is 3.46. The van der Waals surface area contributed by atoms with Crippen LogP contribution in [0.4, 0.5) is 10.1 Å². The minimum absolute atomic E-state index is 0.0513. The van der Waals surface area contributed by atoms with Gasteiger partial charge < -0.3 is 5.73 Å². The van der Waals surface area contributed by atoms with Crippen LogP contribution < -0.4 is 5.73 Å². The van der Waals surface area contributed by atoms with Crippen molar-refractivity contribution in [3.05, 3.63) is 50.7 Å². The summed E-state index contributed by atoms with van der Waals surface area (Å²) in [4.78, 5) is 0. The van der Waals surface area contributed by atoms with Gasteiger partial charge in [0, 0.05) is 10.0 Å². The lowest BCUT2D eigenvalue weighted by molar-refractivity contribution is 0.631. The Kier molecular flexibility index (Phi) is 3.61. The Bertz CT molecular complexity index is 587. The quantitative estimate of drug-likeness (QED) is 0.566. The van der Waals surface area contributed by atoms with E-state index < -0.39 is 5.82 Å². The van der Waals surface area contributed by atoms with E-state index in [4.69, 9.17) is 28.9 Å². The summed E-state index contributed by atoms with van der Waals surface area (Å²) in [7, 11) is 0. The number of anilines is 1. The van der Waals surface area contributed by atoms with Crippen LogP contribution in [-0.2, 0) is 0 Å². The molecule has 0 fully saturated rings. The Morgan fingerprint density at radius 3 is 2.47 bits per heavy atom. The largest absolute Gasteiger partial charge is 0.398 e. The first-order valence-corrected chi connectivity index (χ1v) is 6.24. The van der Waals surface area contributed by atoms with Gasteiger partial charge in [-0.25, -0.2) is 4.39 Å². The second-order valence-corrected chi connectivity index (χ2v) is 5.10. The number of benzene rings is 2. The van der Waals surface area contributed by atoms with Crippen LogP contribution in [-0.4, -0.2) is 0 Å². The first-order valence-electron chi connectivity index (χ1n) is 4.69. The SMILES string of the molecule is Nc1ccc(-c2ccc(Br)c(Cl)c2F)cc1Cl. The molecule has 2 rings (SSSR count). The highest BCUT2D eigenvalue weighted by molar-refractivity contribution is 9.10. The third-order valence-electron chi connectivity index (χ3n) is 2.35. The van der Waals surface area contributed by atoms with Crippen molar-refractivity contribution in [2.45, 2.75) is 0 Å². The summed E-state index contributed by atoms with van der Waals surface area (Å²) in [5.74, 6) is -0.484. The summed E-state index contributed by atoms with van der Waals surface area (Å²) < 4.78 is 14.5. The summed E-state index contributed by atoms with van der Waals surface area (Å²) in [6.45, 7) is 0. The Hall–Kier alpha value is -0.770. The van der Waals surface area contributed by atoms with Crippen molar-refractivity contribution < 1.29 is 4.39 Å². The lowest BCUT2D eigenvalue weighted by Gasteiger charge is -2.07. The van der Waals surface area contributed by atoms with Crippen LogP contribution in [0.15, 0.2) is 34.8 Å². The fourth-order valence-electron chi connectivity index (χ4n) is 1.44. The van der Waals surface area contributed by atoms with Gasteiger partial charge in [-0.1, -0.05) is 35.3 Å². The molecule has 2 aromatic carbocycles. The van der Waals surface area contributed by atoms with Crippen LogP contribution in [0, 0.1) is 5.82 Å². The standard InChI is InChI=1S/C12H7BrCl2FN/c13-8-3-2-7(12(16)11(8)15)6-1-4-10(17)9(14)5-6/h1-5H,17H2. The maximum atomic E-state index is 13.9. The van der Waals surface area contributed by atoms with E-state index in [1.165, 1.54) is 0 Å². The van der Waals surface area contributed by atoms with E-state index in [1.54, 1.807) is 30.3 Å². The van der Waals surface area contributed by atoms with Crippen LogP contribution in [0.2, 0.25) is 10.0 Å². The summed E-state index contributed by atoms with van der Waals surface area (Å²) in [5, 5.41) is 0.441. The van der Waals surface area contributed by atoms with Crippen LogP contribution in [0.3, 0.4) is 0 Å². The van der Waals surface area contributed by atoms with Gasteiger partial charge in [0.2, 0.25) is 0 Å². The first kappa shape index (κ1) is 12.7. The number of halogens is 4. The molecular formula is C12H7BrCl2FN. The van der Waals surface area contributed by atoms with E-state index >= 15 is 0 Å². The predicted molar refractivity (Wildman–Crippen MR) is 74.0 cm³/mol. The van der Waals surface area contributed by atoms with Crippen molar-refractivity contribution in [3.63, 3.8) is 0 Å². The van der Waals surface area contributed by atoms with Gasteiger partial charge in [0.05, 0.1) is 15.7 Å². The molecule has 0 atom stereocenters. The molecule has 0 aliphatic rings. The highest BCUT2D eigenvalue weighted by Crippen LogP contribution is 2.34. The molecule has 0 aliphatic carbocycles. The Labute approximate surface area is 116 Å². The van der Waals surface area contributed by atoms with Gasteiger partial charge in [-0.05, 0) is 39.7 Å². The van der Waals surface area contributed by atoms with Gasteiger partial charge in [-0.15, -0.1) is 0 Å². The van der Waals surface area contributed by atoms with Crippen molar-refractivity contribution in [1.29, 1.82) is 0 Å². The normalized spacial score (nSPS) is 10.6. The fourth-order valence-corrected chi connectivity index (χ4v) is 2.10. The van der Waals surface area contributed by atoms with Gasteiger partial charge in [-0.3, -0.25) is 0 Å². The van der Waals surface area contributed by atoms with Gasteiger partial charge in [0.1, 0.15) is 0 Å². The molecule has 17 heavy (non-hydrogen) atoms. The van der Waals surface area contributed by atoms with Crippen molar-refractivity contribution in [1.82, 2.24) is 0 Å². The van der Waals surface area contributed by atoms with E-state index in [9.17, 15) is 4.39 Å². The molecule has 88 valence electrons. The van der Waals surface area contributed by atoms with E-state index in [0.717, 1.165) is 0 Å². The molecule has 1 nitrogen and oxygen atoms in total. The third-order valence-corrected chi connectivity index (χ3v) is 3.93. The Morgan fingerprint density at radius 2 is 1.82 bits per heavy atom. The van der Waals surface area contributed by atoms with E-state index in [-0.39, 0.29) is 5.02 Å². The minimum Gasteiger partial charge on any atom is -0.398 e. The fraction of sp³-hybridized carbons (Fsp3) is 0. The van der Waals surface area contributed by atoms with Crippen LogP contribution in [0.25, 0.3) is 11.1 Å². The highest BCUT2D eigenvalue weighted by atomic mass is 79.9. The molecule has 0 bridgehead atoms. The molecular weight excluding hydrogens is 328 g/mol. The van der Waals surface area contributed by atoms with Crippen molar-refractivity contribution >= 4 is 44.8 Å². The van der Waals surface area contributed by atoms with E-state index in [1.807, 2.05) is 0 Å². The number of nitrogens with two attached hydrogens (primary N) is 1. The zero-order valence-electron chi connectivity index (χ0n) is 8.48. The summed E-state index contributed by atoms with van der Waals surface area (Å²) >= 11 is 14.9. The smallest absolute Gasteiger partial charge is 0.150 e. The zero-order valence-corrected chi connectivity index (χ0v) is 11.6. The molecule has 0 spiro atoms. The molecule has 0 aromatic heterocycles. The van der Waals surface area contributed by atoms with Gasteiger partial charge >= 0.3 is 0 Å². The minimum atomic E-state index is -0.484. The monoisotopic (exact) mass is 333 g/mol. The molecule has 0 radical (unpaired) electrons. The number of nitrogen functional groups attached to an aromatic ring is 1. The molecule has 0 heterocycles. The number of hydrogen-bond donors (Lipinski definition) is 1. The van der Waals surface area contributed by atoms with Crippen molar-refractivity contribution in [3.8, 4) is 11.1 Å². The lowest BCUT2D eigenvalue weighted by Crippen LogP contribution is -1.90.